The summed E-state index contributed by atoms with van der Waals surface area (Å²) in [6.07, 6.45) is 5.63. The molecule has 1 aliphatic heterocycles. The number of aromatic nitrogens is 2. The van der Waals surface area contributed by atoms with E-state index in [4.69, 9.17) is 11.6 Å². The number of aryl methyl sites for hydroxylation is 1. The SMILES string of the molecule is CCn1cc(C(=O)N2CCC[C@H](c3ccc(Cl)cc3)C2)cn1. The quantitative estimate of drug-likeness (QED) is 0.868. The molecule has 0 bridgehead atoms. The molecule has 0 unspecified atom stereocenters. The summed E-state index contributed by atoms with van der Waals surface area (Å²) in [6, 6.07) is 7.97. The summed E-state index contributed by atoms with van der Waals surface area (Å²) in [7, 11) is 0. The molecule has 1 aliphatic rings. The van der Waals surface area contributed by atoms with E-state index < -0.39 is 0 Å². The highest BCUT2D eigenvalue weighted by atomic mass is 35.5. The van der Waals surface area contributed by atoms with Gasteiger partial charge in [-0.15, -0.1) is 0 Å². The molecular weight excluding hydrogens is 298 g/mol. The van der Waals surface area contributed by atoms with Crippen molar-refractivity contribution in [3.63, 3.8) is 0 Å². The lowest BCUT2D eigenvalue weighted by Gasteiger charge is -2.32. The van der Waals surface area contributed by atoms with Gasteiger partial charge in [-0.1, -0.05) is 23.7 Å². The molecule has 0 aliphatic carbocycles. The van der Waals surface area contributed by atoms with Crippen LogP contribution >= 0.6 is 11.6 Å². The Morgan fingerprint density at radius 2 is 2.14 bits per heavy atom. The topological polar surface area (TPSA) is 38.1 Å². The Kier molecular flexibility index (Phi) is 4.48. The normalized spacial score (nSPS) is 18.5. The second-order valence-corrected chi connectivity index (χ2v) is 6.16. The number of carbonyl (C=O) groups is 1. The molecule has 1 amide bonds. The number of nitrogens with zero attached hydrogens (tertiary/aromatic N) is 3. The van der Waals surface area contributed by atoms with Crippen LogP contribution in [0.4, 0.5) is 0 Å². The summed E-state index contributed by atoms with van der Waals surface area (Å²) in [5.41, 5.74) is 1.93. The molecule has 4 nitrogen and oxygen atoms in total. The number of benzene rings is 1. The monoisotopic (exact) mass is 317 g/mol. The molecule has 5 heteroatoms. The Morgan fingerprint density at radius 1 is 1.36 bits per heavy atom. The number of hydrogen-bond donors (Lipinski definition) is 0. The molecule has 0 saturated carbocycles. The Morgan fingerprint density at radius 3 is 2.82 bits per heavy atom. The predicted molar refractivity (Wildman–Crippen MR) is 87.2 cm³/mol. The van der Waals surface area contributed by atoms with Gasteiger partial charge < -0.3 is 4.90 Å². The number of halogens is 1. The Bertz CT molecular complexity index is 650. The molecule has 2 aromatic rings. The third-order valence-corrected chi connectivity index (χ3v) is 4.51. The van der Waals surface area contributed by atoms with E-state index in [2.05, 4.69) is 17.2 Å². The summed E-state index contributed by atoms with van der Waals surface area (Å²) >= 11 is 5.95. The number of likely N-dealkylation sites (tertiary alicyclic amines) is 1. The lowest BCUT2D eigenvalue weighted by atomic mass is 9.90. The van der Waals surface area contributed by atoms with Crippen molar-refractivity contribution in [1.29, 1.82) is 0 Å². The van der Waals surface area contributed by atoms with Crippen LogP contribution in [0.2, 0.25) is 5.02 Å². The zero-order valence-electron chi connectivity index (χ0n) is 12.7. The maximum absolute atomic E-state index is 12.6. The van der Waals surface area contributed by atoms with E-state index >= 15 is 0 Å². The average molecular weight is 318 g/mol. The third-order valence-electron chi connectivity index (χ3n) is 4.25. The van der Waals surface area contributed by atoms with Crippen LogP contribution in [0.15, 0.2) is 36.7 Å². The molecule has 1 aromatic carbocycles. The Balaban J connectivity index is 1.72. The number of carbonyl (C=O) groups excluding carboxylic acids is 1. The van der Waals surface area contributed by atoms with Crippen molar-refractivity contribution in [2.24, 2.45) is 0 Å². The minimum absolute atomic E-state index is 0.0818. The van der Waals surface area contributed by atoms with Gasteiger partial charge in [-0.3, -0.25) is 9.48 Å². The Hall–Kier alpha value is -1.81. The van der Waals surface area contributed by atoms with Gasteiger partial charge in [-0.2, -0.15) is 5.10 Å². The van der Waals surface area contributed by atoms with E-state index in [0.29, 0.717) is 11.5 Å². The molecule has 2 heterocycles. The molecule has 22 heavy (non-hydrogen) atoms. The molecule has 1 aromatic heterocycles. The second-order valence-electron chi connectivity index (χ2n) is 5.73. The first-order valence-corrected chi connectivity index (χ1v) is 8.12. The highest BCUT2D eigenvalue weighted by molar-refractivity contribution is 6.30. The van der Waals surface area contributed by atoms with Gasteiger partial charge in [0.05, 0.1) is 11.8 Å². The summed E-state index contributed by atoms with van der Waals surface area (Å²) in [5, 5.41) is 4.94. The van der Waals surface area contributed by atoms with Crippen molar-refractivity contribution >= 4 is 17.5 Å². The van der Waals surface area contributed by atoms with Gasteiger partial charge in [0.2, 0.25) is 0 Å². The highest BCUT2D eigenvalue weighted by Gasteiger charge is 2.26. The first-order chi connectivity index (χ1) is 10.7. The van der Waals surface area contributed by atoms with Gasteiger partial charge in [0.15, 0.2) is 0 Å². The van der Waals surface area contributed by atoms with Gasteiger partial charge in [-0.25, -0.2) is 0 Å². The van der Waals surface area contributed by atoms with Gasteiger partial charge in [-0.05, 0) is 37.5 Å². The molecule has 0 N–H and O–H groups in total. The van der Waals surface area contributed by atoms with Gasteiger partial charge in [0, 0.05) is 36.8 Å². The summed E-state index contributed by atoms with van der Waals surface area (Å²) < 4.78 is 1.79. The largest absolute Gasteiger partial charge is 0.338 e. The molecule has 1 saturated heterocycles. The van der Waals surface area contributed by atoms with Crippen LogP contribution in [-0.2, 0) is 6.54 Å². The van der Waals surface area contributed by atoms with E-state index in [9.17, 15) is 4.79 Å². The number of rotatable bonds is 3. The predicted octanol–water partition coefficient (Wildman–Crippen LogP) is 3.58. The summed E-state index contributed by atoms with van der Waals surface area (Å²) in [6.45, 7) is 4.37. The lowest BCUT2D eigenvalue weighted by Crippen LogP contribution is -2.39. The summed E-state index contributed by atoms with van der Waals surface area (Å²) in [5.74, 6) is 0.467. The lowest BCUT2D eigenvalue weighted by molar-refractivity contribution is 0.0707. The van der Waals surface area contributed by atoms with Crippen molar-refractivity contribution in [3.05, 3.63) is 52.8 Å². The number of amides is 1. The average Bonchev–Trinajstić information content (AvgIpc) is 3.04. The molecule has 116 valence electrons. The maximum atomic E-state index is 12.6. The number of piperidine rings is 1. The maximum Gasteiger partial charge on any atom is 0.257 e. The second kappa shape index (κ2) is 6.53. The van der Waals surface area contributed by atoms with Crippen molar-refractivity contribution < 1.29 is 4.79 Å². The van der Waals surface area contributed by atoms with E-state index in [0.717, 1.165) is 37.5 Å². The first kappa shape index (κ1) is 15.1. The smallest absolute Gasteiger partial charge is 0.257 e. The van der Waals surface area contributed by atoms with E-state index in [-0.39, 0.29) is 5.91 Å². The van der Waals surface area contributed by atoms with E-state index in [1.807, 2.05) is 30.2 Å². The molecular formula is C17H20ClN3O. The van der Waals surface area contributed by atoms with Gasteiger partial charge in [0.1, 0.15) is 0 Å². The molecule has 3 rings (SSSR count). The van der Waals surface area contributed by atoms with Crippen molar-refractivity contribution in [2.75, 3.05) is 13.1 Å². The van der Waals surface area contributed by atoms with E-state index in [1.165, 1.54) is 5.56 Å². The zero-order valence-corrected chi connectivity index (χ0v) is 13.5. The van der Waals surface area contributed by atoms with E-state index in [1.54, 1.807) is 10.9 Å². The van der Waals surface area contributed by atoms with Crippen LogP contribution in [0, 0.1) is 0 Å². The third kappa shape index (κ3) is 3.17. The molecule has 0 radical (unpaired) electrons. The minimum atomic E-state index is 0.0818. The van der Waals surface area contributed by atoms with Gasteiger partial charge in [0.25, 0.3) is 5.91 Å². The first-order valence-electron chi connectivity index (χ1n) is 7.74. The van der Waals surface area contributed by atoms with Crippen LogP contribution in [-0.4, -0.2) is 33.7 Å². The number of hydrogen-bond acceptors (Lipinski definition) is 2. The molecule has 1 atom stereocenters. The summed E-state index contributed by atoms with van der Waals surface area (Å²) in [4.78, 5) is 14.6. The van der Waals surface area contributed by atoms with Crippen LogP contribution in [0.5, 0.6) is 0 Å². The highest BCUT2D eigenvalue weighted by Crippen LogP contribution is 2.28. The fourth-order valence-electron chi connectivity index (χ4n) is 3.00. The fraction of sp³-hybridized carbons (Fsp3) is 0.412. The van der Waals surface area contributed by atoms with Crippen molar-refractivity contribution in [1.82, 2.24) is 14.7 Å². The zero-order chi connectivity index (χ0) is 15.5. The van der Waals surface area contributed by atoms with Crippen LogP contribution in [0.3, 0.4) is 0 Å². The molecule has 1 fully saturated rings. The fourth-order valence-corrected chi connectivity index (χ4v) is 3.12. The minimum Gasteiger partial charge on any atom is -0.338 e. The standard InChI is InChI=1S/C17H20ClN3O/c1-2-21-12-15(10-19-21)17(22)20-9-3-4-14(11-20)13-5-7-16(18)8-6-13/h5-8,10,12,14H,2-4,9,11H2,1H3/t14-/m0/s1. The Labute approximate surface area is 135 Å². The van der Waals surface area contributed by atoms with Crippen LogP contribution in [0.25, 0.3) is 0 Å². The van der Waals surface area contributed by atoms with Crippen molar-refractivity contribution in [3.8, 4) is 0 Å². The van der Waals surface area contributed by atoms with Gasteiger partial charge >= 0.3 is 0 Å². The van der Waals surface area contributed by atoms with Crippen LogP contribution < -0.4 is 0 Å². The molecule has 0 spiro atoms. The van der Waals surface area contributed by atoms with Crippen molar-refractivity contribution in [2.45, 2.75) is 32.2 Å². The van der Waals surface area contributed by atoms with Crippen LogP contribution in [0.1, 0.15) is 41.6 Å².